The molecule has 0 unspecified atom stereocenters. The molecule has 1 amide bonds. The van der Waals surface area contributed by atoms with Crippen molar-refractivity contribution in [3.8, 4) is 5.75 Å². The highest BCUT2D eigenvalue weighted by Gasteiger charge is 2.47. The van der Waals surface area contributed by atoms with Crippen molar-refractivity contribution in [3.05, 3.63) is 30.0 Å². The number of aliphatic imine (C=N–C) groups is 1. The minimum Gasteiger partial charge on any atom is -0.495 e. The van der Waals surface area contributed by atoms with Gasteiger partial charge in [0.15, 0.2) is 11.7 Å². The Kier molecular flexibility index (Phi) is 8.58. The number of rotatable bonds is 7. The van der Waals surface area contributed by atoms with Gasteiger partial charge in [-0.1, -0.05) is 12.8 Å². The van der Waals surface area contributed by atoms with Gasteiger partial charge in [-0.05, 0) is 70.9 Å². The Hall–Kier alpha value is -3.54. The van der Waals surface area contributed by atoms with Crippen LogP contribution in [0.3, 0.4) is 0 Å². The molecule has 222 valence electrons. The Labute approximate surface area is 240 Å². The number of aromatic nitrogens is 2. The summed E-state index contributed by atoms with van der Waals surface area (Å²) in [5.74, 6) is -2.41. The van der Waals surface area contributed by atoms with Gasteiger partial charge in [-0.15, -0.1) is 0 Å². The van der Waals surface area contributed by atoms with Crippen LogP contribution >= 0.6 is 0 Å². The molecule has 0 spiro atoms. The minimum absolute atomic E-state index is 0.0337. The van der Waals surface area contributed by atoms with Crippen LogP contribution in [-0.4, -0.2) is 92.0 Å². The molecule has 1 aromatic carbocycles. The predicted octanol–water partition coefficient (Wildman–Crippen LogP) is 4.31. The van der Waals surface area contributed by atoms with Crippen molar-refractivity contribution in [2.24, 2.45) is 4.99 Å². The van der Waals surface area contributed by atoms with E-state index in [1.165, 1.54) is 12.0 Å². The summed E-state index contributed by atoms with van der Waals surface area (Å²) in [4.78, 5) is 31.7. The van der Waals surface area contributed by atoms with Gasteiger partial charge in [-0.2, -0.15) is 13.8 Å². The molecule has 2 aromatic rings. The van der Waals surface area contributed by atoms with Crippen molar-refractivity contribution in [2.45, 2.75) is 63.5 Å². The Bertz CT molecular complexity index is 1280. The molecule has 2 N–H and O–H groups in total. The highest BCUT2D eigenvalue weighted by atomic mass is 19.3. The van der Waals surface area contributed by atoms with Gasteiger partial charge in [0.1, 0.15) is 11.4 Å². The molecule has 3 heterocycles. The molecular formula is C29H40F2N8O2. The summed E-state index contributed by atoms with van der Waals surface area (Å²) in [6.45, 7) is 3.42. The summed E-state index contributed by atoms with van der Waals surface area (Å²) in [6.07, 6.45) is 7.06. The number of amidine groups is 1. The van der Waals surface area contributed by atoms with Crippen LogP contribution < -0.4 is 25.2 Å². The molecule has 41 heavy (non-hydrogen) atoms. The second-order valence-electron chi connectivity index (χ2n) is 11.1. The van der Waals surface area contributed by atoms with Crippen molar-refractivity contribution in [3.63, 3.8) is 0 Å². The van der Waals surface area contributed by atoms with Crippen molar-refractivity contribution in [1.82, 2.24) is 20.2 Å². The van der Waals surface area contributed by atoms with E-state index in [1.807, 2.05) is 0 Å². The fourth-order valence-electron chi connectivity index (χ4n) is 5.96. The fourth-order valence-corrected chi connectivity index (χ4v) is 5.96. The molecule has 0 atom stereocenters. The zero-order valence-electron chi connectivity index (χ0n) is 24.3. The highest BCUT2D eigenvalue weighted by Crippen LogP contribution is 2.40. The van der Waals surface area contributed by atoms with E-state index in [1.54, 1.807) is 43.3 Å². The van der Waals surface area contributed by atoms with E-state index in [-0.39, 0.29) is 36.3 Å². The number of amides is 1. The maximum atomic E-state index is 15.5. The van der Waals surface area contributed by atoms with Crippen molar-refractivity contribution in [1.29, 1.82) is 0 Å². The standard InChI is InChI=1S/C29H40F2N8O2/c1-5-32-27-29(30,31)18-39(21-8-6-7-9-21)25-23(38(27)3)17-33-28(36-25)35-22-11-10-19(16-24(22)41-4)26(40)34-20-12-14-37(2)15-13-20/h10-11,16-17,20-21H,5-9,12-15,18H2,1-4H3,(H,34,40)(H,33,35,36). The second kappa shape index (κ2) is 12.1. The molecular weight excluding hydrogens is 530 g/mol. The molecule has 0 bridgehead atoms. The number of nitrogens with one attached hydrogen (secondary N) is 2. The van der Waals surface area contributed by atoms with Crippen LogP contribution in [0.1, 0.15) is 55.8 Å². The van der Waals surface area contributed by atoms with Gasteiger partial charge in [-0.25, -0.2) is 4.98 Å². The number of alkyl halides is 2. The summed E-state index contributed by atoms with van der Waals surface area (Å²) in [7, 11) is 5.21. The highest BCUT2D eigenvalue weighted by molar-refractivity contribution is 6.05. The maximum Gasteiger partial charge on any atom is 0.321 e. The van der Waals surface area contributed by atoms with Gasteiger partial charge in [-0.3, -0.25) is 9.79 Å². The van der Waals surface area contributed by atoms with E-state index < -0.39 is 12.5 Å². The number of benzene rings is 1. The lowest BCUT2D eigenvalue weighted by Crippen LogP contribution is -2.48. The van der Waals surface area contributed by atoms with Gasteiger partial charge in [0.2, 0.25) is 5.95 Å². The van der Waals surface area contributed by atoms with Gasteiger partial charge in [0.05, 0.1) is 25.5 Å². The first-order valence-electron chi connectivity index (χ1n) is 14.4. The SMILES string of the molecule is CCN=C1N(C)c2cnc(Nc3ccc(C(=O)NC4CCN(C)CC4)cc3OC)nc2N(C2CCCC2)CC1(F)F. The quantitative estimate of drug-likeness (QED) is 0.509. The molecule has 12 heteroatoms. The summed E-state index contributed by atoms with van der Waals surface area (Å²) >= 11 is 0. The first kappa shape index (κ1) is 29.0. The van der Waals surface area contributed by atoms with E-state index >= 15 is 8.78 Å². The predicted molar refractivity (Wildman–Crippen MR) is 157 cm³/mol. The van der Waals surface area contributed by atoms with Crippen LogP contribution in [0.25, 0.3) is 0 Å². The molecule has 1 aliphatic carbocycles. The van der Waals surface area contributed by atoms with E-state index in [9.17, 15) is 4.79 Å². The number of methoxy groups -OCH3 is 1. The summed E-state index contributed by atoms with van der Waals surface area (Å²) < 4.78 is 36.6. The topological polar surface area (TPSA) is 98.2 Å². The average Bonchev–Trinajstić information content (AvgIpc) is 3.48. The third kappa shape index (κ3) is 6.22. The summed E-state index contributed by atoms with van der Waals surface area (Å²) in [6, 6.07) is 5.27. The van der Waals surface area contributed by atoms with E-state index in [4.69, 9.17) is 9.72 Å². The molecule has 5 rings (SSSR count). The molecule has 0 radical (unpaired) electrons. The number of fused-ring (bicyclic) bond motifs is 1. The largest absolute Gasteiger partial charge is 0.495 e. The van der Waals surface area contributed by atoms with Crippen LogP contribution in [0.5, 0.6) is 5.75 Å². The molecule has 2 fully saturated rings. The zero-order chi connectivity index (χ0) is 29.1. The Morgan fingerprint density at radius 2 is 1.90 bits per heavy atom. The normalized spacial score (nSPS) is 21.1. The number of carbonyl (C=O) groups excluding carboxylic acids is 1. The lowest BCUT2D eigenvalue weighted by Gasteiger charge is -2.31. The van der Waals surface area contributed by atoms with Crippen molar-refractivity contribution >= 4 is 34.9 Å². The molecule has 10 nitrogen and oxygen atoms in total. The van der Waals surface area contributed by atoms with Crippen LogP contribution in [-0.2, 0) is 0 Å². The Morgan fingerprint density at radius 3 is 2.59 bits per heavy atom. The first-order chi connectivity index (χ1) is 19.7. The van der Waals surface area contributed by atoms with Gasteiger partial charge in [0, 0.05) is 31.2 Å². The van der Waals surface area contributed by atoms with E-state index in [0.717, 1.165) is 51.6 Å². The zero-order valence-corrected chi connectivity index (χ0v) is 24.3. The lowest BCUT2D eigenvalue weighted by atomic mass is 10.0. The number of hydrogen-bond acceptors (Lipinski definition) is 8. The van der Waals surface area contributed by atoms with Crippen molar-refractivity contribution in [2.75, 3.05) is 62.5 Å². The van der Waals surface area contributed by atoms with Crippen LogP contribution in [0.2, 0.25) is 0 Å². The number of likely N-dealkylation sites (tertiary alicyclic amines) is 1. The molecule has 1 saturated carbocycles. The lowest BCUT2D eigenvalue weighted by molar-refractivity contribution is 0.0819. The van der Waals surface area contributed by atoms with E-state index in [0.29, 0.717) is 28.5 Å². The van der Waals surface area contributed by atoms with Gasteiger partial charge < -0.3 is 30.1 Å². The number of piperidine rings is 1. The summed E-state index contributed by atoms with van der Waals surface area (Å²) in [5.41, 5.74) is 1.55. The Morgan fingerprint density at radius 1 is 1.17 bits per heavy atom. The first-order valence-corrected chi connectivity index (χ1v) is 14.4. The number of ether oxygens (including phenoxy) is 1. The number of halogens is 2. The average molecular weight is 571 g/mol. The third-order valence-corrected chi connectivity index (χ3v) is 8.23. The maximum absolute atomic E-state index is 15.5. The van der Waals surface area contributed by atoms with Gasteiger partial charge in [0.25, 0.3) is 5.91 Å². The van der Waals surface area contributed by atoms with Gasteiger partial charge >= 0.3 is 5.92 Å². The second-order valence-corrected chi connectivity index (χ2v) is 11.1. The van der Waals surface area contributed by atoms with Crippen LogP contribution in [0, 0.1) is 0 Å². The molecule has 1 aromatic heterocycles. The molecule has 1 saturated heterocycles. The monoisotopic (exact) mass is 570 g/mol. The van der Waals surface area contributed by atoms with E-state index in [2.05, 4.69) is 32.6 Å². The molecule has 3 aliphatic rings. The van der Waals surface area contributed by atoms with Crippen LogP contribution in [0.4, 0.5) is 31.9 Å². The minimum atomic E-state index is -3.14. The number of carbonyl (C=O) groups is 1. The fraction of sp³-hybridized carbons (Fsp3) is 0.586. The van der Waals surface area contributed by atoms with Crippen molar-refractivity contribution < 1.29 is 18.3 Å². The summed E-state index contributed by atoms with van der Waals surface area (Å²) in [5, 5.41) is 6.31. The Balaban J connectivity index is 1.41. The van der Waals surface area contributed by atoms with Crippen LogP contribution in [0.15, 0.2) is 29.4 Å². The number of anilines is 4. The number of hydrogen-bond donors (Lipinski definition) is 2. The third-order valence-electron chi connectivity index (χ3n) is 8.23. The molecule has 2 aliphatic heterocycles. The number of nitrogens with zero attached hydrogens (tertiary/aromatic N) is 6. The smallest absolute Gasteiger partial charge is 0.321 e.